The van der Waals surface area contributed by atoms with Crippen molar-refractivity contribution in [1.29, 1.82) is 0 Å². The molecule has 1 N–H and O–H groups in total. The van der Waals surface area contributed by atoms with E-state index in [-0.39, 0.29) is 24.2 Å². The minimum absolute atomic E-state index is 0.0606. The molecule has 0 saturated heterocycles. The zero-order valence-corrected chi connectivity index (χ0v) is 14.4. The van der Waals surface area contributed by atoms with E-state index in [0.29, 0.717) is 5.56 Å². The Labute approximate surface area is 141 Å². The molecule has 0 aliphatic carbocycles. The number of para-hydroxylation sites is 1. The molecule has 0 spiro atoms. The number of methoxy groups -OCH3 is 1. The van der Waals surface area contributed by atoms with Gasteiger partial charge >= 0.3 is 0 Å². The molecule has 0 fully saturated rings. The number of aryl methyl sites for hydroxylation is 2. The van der Waals surface area contributed by atoms with Gasteiger partial charge in [0.1, 0.15) is 5.56 Å². The van der Waals surface area contributed by atoms with Crippen molar-refractivity contribution in [3.63, 3.8) is 0 Å². The van der Waals surface area contributed by atoms with Crippen molar-refractivity contribution in [2.75, 3.05) is 26.0 Å². The summed E-state index contributed by atoms with van der Waals surface area (Å²) in [5.41, 5.74) is 2.14. The van der Waals surface area contributed by atoms with Gasteiger partial charge in [-0.3, -0.25) is 14.3 Å². The summed E-state index contributed by atoms with van der Waals surface area (Å²) in [6.45, 7) is 1.96. The fourth-order valence-electron chi connectivity index (χ4n) is 2.40. The van der Waals surface area contributed by atoms with Crippen LogP contribution >= 0.6 is 0 Å². The lowest BCUT2D eigenvalue weighted by Gasteiger charge is -2.17. The predicted molar refractivity (Wildman–Crippen MR) is 91.2 cm³/mol. The molecule has 2 rings (SSSR count). The molecular weight excluding hydrogens is 308 g/mol. The summed E-state index contributed by atoms with van der Waals surface area (Å²) >= 11 is 0. The molecule has 128 valence electrons. The average molecular weight is 330 g/mol. The second-order valence-electron chi connectivity index (χ2n) is 5.45. The van der Waals surface area contributed by atoms with Crippen LogP contribution in [0.25, 0.3) is 0 Å². The van der Waals surface area contributed by atoms with Gasteiger partial charge in [0.2, 0.25) is 11.8 Å². The summed E-state index contributed by atoms with van der Waals surface area (Å²) in [5, 5.41) is 6.90. The third-order valence-corrected chi connectivity index (χ3v) is 3.62. The molecule has 7 nitrogen and oxygen atoms in total. The van der Waals surface area contributed by atoms with Crippen LogP contribution in [0.3, 0.4) is 0 Å². The molecule has 0 saturated carbocycles. The van der Waals surface area contributed by atoms with Gasteiger partial charge in [0.25, 0.3) is 5.91 Å². The number of carbonyl (C=O) groups excluding carboxylic acids is 2. The van der Waals surface area contributed by atoms with Crippen LogP contribution in [-0.4, -0.2) is 47.2 Å². The number of hydrogen-bond donors (Lipinski definition) is 1. The first-order chi connectivity index (χ1) is 11.5. The van der Waals surface area contributed by atoms with Gasteiger partial charge in [-0.2, -0.15) is 0 Å². The lowest BCUT2D eigenvalue weighted by molar-refractivity contribution is -0.116. The first-order valence-electron chi connectivity index (χ1n) is 7.67. The summed E-state index contributed by atoms with van der Waals surface area (Å²) in [7, 11) is 4.72. The van der Waals surface area contributed by atoms with Gasteiger partial charge in [0.15, 0.2) is 0 Å². The molecule has 0 unspecified atom stereocenters. The van der Waals surface area contributed by atoms with Gasteiger partial charge in [-0.15, -0.1) is 5.10 Å². The molecule has 0 aliphatic rings. The molecule has 2 amide bonds. The van der Waals surface area contributed by atoms with Crippen LogP contribution in [-0.2, 0) is 18.3 Å². The fraction of sp³-hybridized carbons (Fsp3) is 0.353. The third kappa shape index (κ3) is 3.92. The Hall–Kier alpha value is -2.83. The van der Waals surface area contributed by atoms with Crippen molar-refractivity contribution < 1.29 is 14.3 Å². The van der Waals surface area contributed by atoms with Crippen LogP contribution in [0.1, 0.15) is 22.8 Å². The quantitative estimate of drug-likeness (QED) is 0.875. The standard InChI is InChI=1S/C17H22N4O3/c1-5-12-8-6-7-9-14(12)18-15(22)11-20(2)17(23)13-10-21(3)19-16(13)24-4/h6-10H,5,11H2,1-4H3,(H,18,22). The highest BCUT2D eigenvalue weighted by atomic mass is 16.5. The molecule has 1 aromatic heterocycles. The number of nitrogens with one attached hydrogen (secondary N) is 1. The number of benzene rings is 1. The van der Waals surface area contributed by atoms with Gasteiger partial charge in [0.05, 0.1) is 13.7 Å². The first kappa shape index (κ1) is 17.5. The molecule has 0 radical (unpaired) electrons. The molecule has 1 aromatic carbocycles. The second kappa shape index (κ2) is 7.63. The van der Waals surface area contributed by atoms with E-state index in [1.165, 1.54) is 16.7 Å². The summed E-state index contributed by atoms with van der Waals surface area (Å²) < 4.78 is 6.59. The van der Waals surface area contributed by atoms with Gasteiger partial charge in [-0.05, 0) is 18.1 Å². The van der Waals surface area contributed by atoms with Crippen LogP contribution in [0.15, 0.2) is 30.5 Å². The summed E-state index contributed by atoms with van der Waals surface area (Å²) in [5.74, 6) is -0.334. The number of anilines is 1. The number of rotatable bonds is 6. The Morgan fingerprint density at radius 1 is 1.33 bits per heavy atom. The lowest BCUT2D eigenvalue weighted by atomic mass is 10.1. The van der Waals surface area contributed by atoms with E-state index in [0.717, 1.165) is 17.7 Å². The van der Waals surface area contributed by atoms with Crippen molar-refractivity contribution in [1.82, 2.24) is 14.7 Å². The second-order valence-corrected chi connectivity index (χ2v) is 5.45. The van der Waals surface area contributed by atoms with Gasteiger partial charge in [-0.1, -0.05) is 25.1 Å². The number of hydrogen-bond acceptors (Lipinski definition) is 4. The molecule has 0 bridgehead atoms. The summed E-state index contributed by atoms with van der Waals surface area (Å²) in [6.07, 6.45) is 2.39. The van der Waals surface area contributed by atoms with Gasteiger partial charge in [-0.25, -0.2) is 0 Å². The van der Waals surface area contributed by atoms with Gasteiger partial charge < -0.3 is 15.0 Å². The molecule has 0 atom stereocenters. The molecule has 2 aromatic rings. The zero-order chi connectivity index (χ0) is 17.7. The molecular formula is C17H22N4O3. The van der Waals surface area contributed by atoms with Crippen molar-refractivity contribution in [2.45, 2.75) is 13.3 Å². The third-order valence-electron chi connectivity index (χ3n) is 3.62. The van der Waals surface area contributed by atoms with Crippen molar-refractivity contribution in [3.8, 4) is 5.88 Å². The predicted octanol–water partition coefficient (Wildman–Crippen LogP) is 1.70. The average Bonchev–Trinajstić information content (AvgIpc) is 2.95. The SMILES string of the molecule is CCc1ccccc1NC(=O)CN(C)C(=O)c1cn(C)nc1OC. The highest BCUT2D eigenvalue weighted by molar-refractivity contribution is 6.00. The molecule has 24 heavy (non-hydrogen) atoms. The monoisotopic (exact) mass is 330 g/mol. The van der Waals surface area contributed by atoms with E-state index in [1.807, 2.05) is 31.2 Å². The zero-order valence-electron chi connectivity index (χ0n) is 14.4. The van der Waals surface area contributed by atoms with E-state index in [4.69, 9.17) is 4.74 Å². The Balaban J connectivity index is 2.04. The van der Waals surface area contributed by atoms with Crippen LogP contribution in [0, 0.1) is 0 Å². The van der Waals surface area contributed by atoms with Crippen LogP contribution in [0.4, 0.5) is 5.69 Å². The lowest BCUT2D eigenvalue weighted by Crippen LogP contribution is -2.35. The van der Waals surface area contributed by atoms with E-state index in [1.54, 1.807) is 20.3 Å². The Morgan fingerprint density at radius 3 is 2.71 bits per heavy atom. The smallest absolute Gasteiger partial charge is 0.261 e. The Bertz CT molecular complexity index is 739. The topological polar surface area (TPSA) is 76.5 Å². The summed E-state index contributed by atoms with van der Waals surface area (Å²) in [4.78, 5) is 26.0. The van der Waals surface area contributed by atoms with Crippen molar-refractivity contribution in [3.05, 3.63) is 41.6 Å². The Kier molecular flexibility index (Phi) is 5.57. The highest BCUT2D eigenvalue weighted by Gasteiger charge is 2.21. The van der Waals surface area contributed by atoms with E-state index < -0.39 is 0 Å². The molecule has 7 heteroatoms. The maximum absolute atomic E-state index is 12.5. The van der Waals surface area contributed by atoms with Crippen LogP contribution < -0.4 is 10.1 Å². The number of ether oxygens (including phenoxy) is 1. The highest BCUT2D eigenvalue weighted by Crippen LogP contribution is 2.17. The maximum Gasteiger partial charge on any atom is 0.261 e. The normalized spacial score (nSPS) is 10.3. The van der Waals surface area contributed by atoms with Gasteiger partial charge in [0, 0.05) is 26.0 Å². The fourth-order valence-corrected chi connectivity index (χ4v) is 2.40. The molecule has 0 aliphatic heterocycles. The van der Waals surface area contributed by atoms with Crippen LogP contribution in [0.2, 0.25) is 0 Å². The van der Waals surface area contributed by atoms with E-state index in [9.17, 15) is 9.59 Å². The summed E-state index contributed by atoms with van der Waals surface area (Å²) in [6, 6.07) is 7.61. The maximum atomic E-state index is 12.5. The largest absolute Gasteiger partial charge is 0.479 e. The number of aromatic nitrogens is 2. The first-order valence-corrected chi connectivity index (χ1v) is 7.67. The van der Waals surface area contributed by atoms with Crippen molar-refractivity contribution >= 4 is 17.5 Å². The van der Waals surface area contributed by atoms with Crippen LogP contribution in [0.5, 0.6) is 5.88 Å². The number of likely N-dealkylation sites (N-methyl/N-ethyl adjacent to an activating group) is 1. The molecule has 1 heterocycles. The minimum Gasteiger partial charge on any atom is -0.479 e. The minimum atomic E-state index is -0.320. The number of carbonyl (C=O) groups is 2. The van der Waals surface area contributed by atoms with E-state index in [2.05, 4.69) is 10.4 Å². The number of amides is 2. The number of nitrogens with zero attached hydrogens (tertiary/aromatic N) is 3. The van der Waals surface area contributed by atoms with E-state index >= 15 is 0 Å². The Morgan fingerprint density at radius 2 is 2.04 bits per heavy atom. The van der Waals surface area contributed by atoms with Crippen molar-refractivity contribution in [2.24, 2.45) is 7.05 Å².